The number of benzene rings is 2. The quantitative estimate of drug-likeness (QED) is 0.818. The molecule has 0 bridgehead atoms. The van der Waals surface area contributed by atoms with E-state index in [1.54, 1.807) is 12.1 Å². The normalized spacial score (nSPS) is 11.2. The molecule has 0 aliphatic heterocycles. The third-order valence-electron chi connectivity index (χ3n) is 3.20. The molecule has 2 N–H and O–H groups in total. The van der Waals surface area contributed by atoms with E-state index < -0.39 is 10.0 Å². The monoisotopic (exact) mass is 332 g/mol. The van der Waals surface area contributed by atoms with Gasteiger partial charge in [-0.15, -0.1) is 0 Å². The standard InChI is InChI=1S/C17H20N2O3S/c1-2-12-18-23(21,22)16-10-8-15(9-11-16)19-17(20)13-14-6-4-3-5-7-14/h3-11,18H,2,12-13H2,1H3,(H,19,20). The van der Waals surface area contributed by atoms with Gasteiger partial charge in [0.2, 0.25) is 15.9 Å². The fourth-order valence-electron chi connectivity index (χ4n) is 2.02. The van der Waals surface area contributed by atoms with Crippen LogP contribution in [-0.4, -0.2) is 20.9 Å². The predicted octanol–water partition coefficient (Wildman–Crippen LogP) is 2.56. The molecule has 0 fully saturated rings. The Morgan fingerprint density at radius 1 is 1.00 bits per heavy atom. The van der Waals surface area contributed by atoms with Gasteiger partial charge in [-0.2, -0.15) is 0 Å². The minimum absolute atomic E-state index is 0.143. The average molecular weight is 332 g/mol. The lowest BCUT2D eigenvalue weighted by Crippen LogP contribution is -2.24. The number of rotatable bonds is 7. The minimum atomic E-state index is -3.48. The Kier molecular flexibility index (Phi) is 5.90. The summed E-state index contributed by atoms with van der Waals surface area (Å²) in [6, 6.07) is 15.6. The van der Waals surface area contributed by atoms with E-state index in [9.17, 15) is 13.2 Å². The van der Waals surface area contributed by atoms with E-state index in [2.05, 4.69) is 10.0 Å². The first-order valence-electron chi connectivity index (χ1n) is 7.45. The van der Waals surface area contributed by atoms with Crippen LogP contribution in [0.5, 0.6) is 0 Å². The molecule has 0 spiro atoms. The summed E-state index contributed by atoms with van der Waals surface area (Å²) < 4.78 is 26.4. The zero-order chi connectivity index (χ0) is 16.7. The van der Waals surface area contributed by atoms with Crippen molar-refractivity contribution in [1.29, 1.82) is 0 Å². The summed E-state index contributed by atoms with van der Waals surface area (Å²) in [5, 5.41) is 2.76. The van der Waals surface area contributed by atoms with Crippen LogP contribution in [0, 0.1) is 0 Å². The van der Waals surface area contributed by atoms with Crippen LogP contribution in [0.1, 0.15) is 18.9 Å². The van der Waals surface area contributed by atoms with E-state index in [0.717, 1.165) is 12.0 Å². The zero-order valence-electron chi connectivity index (χ0n) is 13.0. The van der Waals surface area contributed by atoms with E-state index in [4.69, 9.17) is 0 Å². The molecule has 6 heteroatoms. The first-order chi connectivity index (χ1) is 11.0. The first-order valence-corrected chi connectivity index (χ1v) is 8.93. The summed E-state index contributed by atoms with van der Waals surface area (Å²) in [6.45, 7) is 2.30. The van der Waals surface area contributed by atoms with Crippen molar-refractivity contribution in [1.82, 2.24) is 4.72 Å². The maximum atomic E-state index is 12.0. The third kappa shape index (κ3) is 5.19. The molecule has 2 aromatic rings. The molecular weight excluding hydrogens is 312 g/mol. The smallest absolute Gasteiger partial charge is 0.240 e. The number of nitrogens with one attached hydrogen (secondary N) is 2. The molecule has 2 aromatic carbocycles. The number of sulfonamides is 1. The van der Waals surface area contributed by atoms with Crippen LogP contribution in [0.4, 0.5) is 5.69 Å². The first kappa shape index (κ1) is 17.2. The van der Waals surface area contributed by atoms with Crippen LogP contribution in [-0.2, 0) is 21.2 Å². The third-order valence-corrected chi connectivity index (χ3v) is 4.67. The summed E-state index contributed by atoms with van der Waals surface area (Å²) >= 11 is 0. The molecule has 1 amide bonds. The van der Waals surface area contributed by atoms with Crippen molar-refractivity contribution in [3.63, 3.8) is 0 Å². The predicted molar refractivity (Wildman–Crippen MR) is 90.7 cm³/mol. The van der Waals surface area contributed by atoms with Crippen molar-refractivity contribution >= 4 is 21.6 Å². The molecular formula is C17H20N2O3S. The average Bonchev–Trinajstić information content (AvgIpc) is 2.54. The highest BCUT2D eigenvalue weighted by atomic mass is 32.2. The van der Waals surface area contributed by atoms with Crippen molar-refractivity contribution in [3.05, 3.63) is 60.2 Å². The number of anilines is 1. The molecule has 0 aliphatic carbocycles. The van der Waals surface area contributed by atoms with Gasteiger partial charge in [-0.3, -0.25) is 4.79 Å². The summed E-state index contributed by atoms with van der Waals surface area (Å²) in [5.74, 6) is -0.143. The topological polar surface area (TPSA) is 75.3 Å². The highest BCUT2D eigenvalue weighted by Crippen LogP contribution is 2.14. The number of hydrogen-bond acceptors (Lipinski definition) is 3. The van der Waals surface area contributed by atoms with E-state index in [1.807, 2.05) is 37.3 Å². The highest BCUT2D eigenvalue weighted by molar-refractivity contribution is 7.89. The maximum absolute atomic E-state index is 12.0. The van der Waals surface area contributed by atoms with Crippen LogP contribution in [0.25, 0.3) is 0 Å². The van der Waals surface area contributed by atoms with E-state index in [1.165, 1.54) is 12.1 Å². The lowest BCUT2D eigenvalue weighted by Gasteiger charge is -2.08. The number of carbonyl (C=O) groups is 1. The molecule has 0 aromatic heterocycles. The molecule has 0 radical (unpaired) electrons. The van der Waals surface area contributed by atoms with Crippen molar-refractivity contribution in [2.75, 3.05) is 11.9 Å². The molecule has 122 valence electrons. The second kappa shape index (κ2) is 7.89. The fraction of sp³-hybridized carbons (Fsp3) is 0.235. The Balaban J connectivity index is 1.98. The summed E-state index contributed by atoms with van der Waals surface area (Å²) in [6.07, 6.45) is 1.01. The molecule has 23 heavy (non-hydrogen) atoms. The lowest BCUT2D eigenvalue weighted by atomic mass is 10.1. The highest BCUT2D eigenvalue weighted by Gasteiger charge is 2.13. The van der Waals surface area contributed by atoms with E-state index in [-0.39, 0.29) is 17.2 Å². The second-order valence-corrected chi connectivity index (χ2v) is 6.90. The molecule has 0 heterocycles. The van der Waals surface area contributed by atoms with Gasteiger partial charge < -0.3 is 5.32 Å². The van der Waals surface area contributed by atoms with Gasteiger partial charge in [0, 0.05) is 12.2 Å². The number of carbonyl (C=O) groups excluding carboxylic acids is 1. The zero-order valence-corrected chi connectivity index (χ0v) is 13.8. The maximum Gasteiger partial charge on any atom is 0.240 e. The molecule has 5 nitrogen and oxygen atoms in total. The van der Waals surface area contributed by atoms with Crippen LogP contribution in [0.3, 0.4) is 0 Å². The van der Waals surface area contributed by atoms with Gasteiger partial charge in [-0.1, -0.05) is 37.3 Å². The Hall–Kier alpha value is -2.18. The van der Waals surface area contributed by atoms with E-state index in [0.29, 0.717) is 12.2 Å². The van der Waals surface area contributed by atoms with Crippen molar-refractivity contribution < 1.29 is 13.2 Å². The summed E-state index contributed by atoms with van der Waals surface area (Å²) in [5.41, 5.74) is 1.49. The molecule has 0 unspecified atom stereocenters. The van der Waals surface area contributed by atoms with Gasteiger partial charge in [-0.25, -0.2) is 13.1 Å². The van der Waals surface area contributed by atoms with Crippen LogP contribution >= 0.6 is 0 Å². The SMILES string of the molecule is CCCNS(=O)(=O)c1ccc(NC(=O)Cc2ccccc2)cc1. The molecule has 0 saturated carbocycles. The van der Waals surface area contributed by atoms with Crippen molar-refractivity contribution in [2.45, 2.75) is 24.7 Å². The molecule has 0 atom stereocenters. The Morgan fingerprint density at radius 2 is 1.65 bits per heavy atom. The Labute approximate surface area is 136 Å². The van der Waals surface area contributed by atoms with Gasteiger partial charge >= 0.3 is 0 Å². The van der Waals surface area contributed by atoms with Crippen molar-refractivity contribution in [3.8, 4) is 0 Å². The largest absolute Gasteiger partial charge is 0.326 e. The van der Waals surface area contributed by atoms with Gasteiger partial charge in [0.05, 0.1) is 11.3 Å². The molecule has 0 aliphatic rings. The van der Waals surface area contributed by atoms with Gasteiger partial charge in [0.25, 0.3) is 0 Å². The lowest BCUT2D eigenvalue weighted by molar-refractivity contribution is -0.115. The number of hydrogen-bond donors (Lipinski definition) is 2. The summed E-state index contributed by atoms with van der Waals surface area (Å²) in [7, 11) is -3.48. The number of amides is 1. The second-order valence-electron chi connectivity index (χ2n) is 5.13. The van der Waals surface area contributed by atoms with Crippen LogP contribution < -0.4 is 10.0 Å². The van der Waals surface area contributed by atoms with Gasteiger partial charge in [0.15, 0.2) is 0 Å². The Morgan fingerprint density at radius 3 is 2.26 bits per heavy atom. The Bertz CT molecular complexity index is 741. The van der Waals surface area contributed by atoms with E-state index >= 15 is 0 Å². The summed E-state index contributed by atoms with van der Waals surface area (Å²) in [4.78, 5) is 12.2. The fourth-order valence-corrected chi connectivity index (χ4v) is 3.16. The van der Waals surface area contributed by atoms with Gasteiger partial charge in [0.1, 0.15) is 0 Å². The minimum Gasteiger partial charge on any atom is -0.326 e. The van der Waals surface area contributed by atoms with Crippen molar-refractivity contribution in [2.24, 2.45) is 0 Å². The molecule has 0 saturated heterocycles. The van der Waals surface area contributed by atoms with Crippen LogP contribution in [0.2, 0.25) is 0 Å². The van der Waals surface area contributed by atoms with Crippen LogP contribution in [0.15, 0.2) is 59.5 Å². The van der Waals surface area contributed by atoms with Gasteiger partial charge in [-0.05, 0) is 36.2 Å². The molecule has 2 rings (SSSR count).